The molecule has 0 saturated heterocycles. The first-order chi connectivity index (χ1) is 7.18. The van der Waals surface area contributed by atoms with Gasteiger partial charge in [-0.15, -0.1) is 0 Å². The fourth-order valence-electron chi connectivity index (χ4n) is 2.24. The summed E-state index contributed by atoms with van der Waals surface area (Å²) in [6.07, 6.45) is -0.342. The average Bonchev–Trinajstić information content (AvgIpc) is 2.60. The first kappa shape index (κ1) is 13.3. The summed E-state index contributed by atoms with van der Waals surface area (Å²) in [4.78, 5) is 11.4. The lowest BCUT2D eigenvalue weighted by Gasteiger charge is -2.19. The zero-order valence-electron chi connectivity index (χ0n) is 11.0. The van der Waals surface area contributed by atoms with Gasteiger partial charge in [-0.2, -0.15) is 0 Å². The van der Waals surface area contributed by atoms with Crippen molar-refractivity contribution in [2.24, 2.45) is 23.0 Å². The zero-order valence-corrected chi connectivity index (χ0v) is 11.0. The molecule has 0 bridgehead atoms. The van der Waals surface area contributed by atoms with Gasteiger partial charge in [0.1, 0.15) is 5.60 Å². The van der Waals surface area contributed by atoms with E-state index in [0.717, 1.165) is 0 Å². The number of alkyl carbamates (subject to hydrolysis) is 1. The molecule has 1 amide bonds. The minimum atomic E-state index is -0.434. The third kappa shape index (κ3) is 3.11. The molecular weight excluding hydrogens is 204 g/mol. The molecule has 0 aromatic carbocycles. The Kier molecular flexibility index (Phi) is 3.53. The van der Waals surface area contributed by atoms with Crippen molar-refractivity contribution < 1.29 is 9.53 Å². The lowest BCUT2D eigenvalue weighted by molar-refractivity contribution is 0.0523. The maximum atomic E-state index is 11.4. The largest absolute Gasteiger partial charge is 0.444 e. The lowest BCUT2D eigenvalue weighted by atomic mass is 10.1. The summed E-state index contributed by atoms with van der Waals surface area (Å²) in [6.45, 7) is 11.3. The van der Waals surface area contributed by atoms with Crippen LogP contribution in [0.1, 0.15) is 34.6 Å². The van der Waals surface area contributed by atoms with E-state index in [1.807, 2.05) is 20.8 Å². The molecule has 1 aliphatic rings. The van der Waals surface area contributed by atoms with Crippen molar-refractivity contribution in [3.05, 3.63) is 0 Å². The summed E-state index contributed by atoms with van der Waals surface area (Å²) in [5, 5.41) is 2.80. The van der Waals surface area contributed by atoms with Gasteiger partial charge >= 0.3 is 6.09 Å². The van der Waals surface area contributed by atoms with Crippen LogP contribution in [-0.2, 0) is 4.74 Å². The normalized spacial score (nSPS) is 27.4. The Labute approximate surface area is 97.9 Å². The van der Waals surface area contributed by atoms with E-state index in [0.29, 0.717) is 24.9 Å². The Hall–Kier alpha value is -0.770. The maximum Gasteiger partial charge on any atom is 0.407 e. The Bertz CT molecular complexity index is 269. The van der Waals surface area contributed by atoms with Crippen molar-refractivity contribution in [2.75, 3.05) is 13.1 Å². The lowest BCUT2D eigenvalue weighted by Crippen LogP contribution is -2.34. The number of nitrogens with one attached hydrogen (secondary N) is 1. The second kappa shape index (κ2) is 4.24. The molecular formula is C12H24N2O2. The molecule has 4 heteroatoms. The molecule has 1 rings (SSSR count). The Balaban J connectivity index is 2.29. The van der Waals surface area contributed by atoms with Crippen LogP contribution >= 0.6 is 0 Å². The van der Waals surface area contributed by atoms with Gasteiger partial charge in [0, 0.05) is 6.54 Å². The molecule has 94 valence electrons. The average molecular weight is 228 g/mol. The Morgan fingerprint density at radius 1 is 1.38 bits per heavy atom. The summed E-state index contributed by atoms with van der Waals surface area (Å²) in [6, 6.07) is 0. The van der Waals surface area contributed by atoms with Crippen molar-refractivity contribution in [2.45, 2.75) is 40.2 Å². The third-order valence-electron chi connectivity index (χ3n) is 3.41. The van der Waals surface area contributed by atoms with Crippen LogP contribution in [0.15, 0.2) is 0 Å². The van der Waals surface area contributed by atoms with E-state index in [1.165, 1.54) is 0 Å². The maximum absolute atomic E-state index is 11.4. The van der Waals surface area contributed by atoms with Gasteiger partial charge in [-0.05, 0) is 44.6 Å². The summed E-state index contributed by atoms with van der Waals surface area (Å²) in [5.74, 6) is 0.993. The number of hydrogen-bond acceptors (Lipinski definition) is 3. The van der Waals surface area contributed by atoms with Gasteiger partial charge in [-0.3, -0.25) is 0 Å². The van der Waals surface area contributed by atoms with Gasteiger partial charge in [0.25, 0.3) is 0 Å². The van der Waals surface area contributed by atoms with Crippen molar-refractivity contribution >= 4 is 6.09 Å². The SMILES string of the molecule is CC(C)(C)OC(=O)NC[C@@H]1[C@@H](CN)C1(C)C. The highest BCUT2D eigenvalue weighted by atomic mass is 16.6. The van der Waals surface area contributed by atoms with Crippen LogP contribution in [0, 0.1) is 17.3 Å². The van der Waals surface area contributed by atoms with Crippen molar-refractivity contribution in [1.82, 2.24) is 5.32 Å². The predicted octanol–water partition coefficient (Wildman–Crippen LogP) is 1.74. The summed E-state index contributed by atoms with van der Waals surface area (Å²) < 4.78 is 5.17. The third-order valence-corrected chi connectivity index (χ3v) is 3.41. The molecule has 1 fully saturated rings. The van der Waals surface area contributed by atoms with Crippen LogP contribution in [0.3, 0.4) is 0 Å². The molecule has 0 radical (unpaired) electrons. The van der Waals surface area contributed by atoms with E-state index in [-0.39, 0.29) is 11.5 Å². The highest BCUT2D eigenvalue weighted by molar-refractivity contribution is 5.67. The number of carbonyl (C=O) groups excluding carboxylic acids is 1. The van der Waals surface area contributed by atoms with E-state index < -0.39 is 5.60 Å². The van der Waals surface area contributed by atoms with Gasteiger partial charge in [0.15, 0.2) is 0 Å². The van der Waals surface area contributed by atoms with Gasteiger partial charge in [0.2, 0.25) is 0 Å². The molecule has 0 aromatic rings. The van der Waals surface area contributed by atoms with Crippen LogP contribution < -0.4 is 11.1 Å². The quantitative estimate of drug-likeness (QED) is 0.773. The van der Waals surface area contributed by atoms with Crippen molar-refractivity contribution in [3.63, 3.8) is 0 Å². The van der Waals surface area contributed by atoms with Gasteiger partial charge < -0.3 is 15.8 Å². The first-order valence-corrected chi connectivity index (χ1v) is 5.85. The minimum Gasteiger partial charge on any atom is -0.444 e. The van der Waals surface area contributed by atoms with Crippen molar-refractivity contribution in [1.29, 1.82) is 0 Å². The van der Waals surface area contributed by atoms with E-state index in [4.69, 9.17) is 10.5 Å². The topological polar surface area (TPSA) is 64.3 Å². The van der Waals surface area contributed by atoms with E-state index in [9.17, 15) is 4.79 Å². The number of amides is 1. The molecule has 0 spiro atoms. The smallest absolute Gasteiger partial charge is 0.407 e. The fourth-order valence-corrected chi connectivity index (χ4v) is 2.24. The molecule has 0 unspecified atom stereocenters. The van der Waals surface area contributed by atoms with Gasteiger partial charge in [-0.25, -0.2) is 4.79 Å². The fraction of sp³-hybridized carbons (Fsp3) is 0.917. The van der Waals surface area contributed by atoms with Crippen LogP contribution in [0.5, 0.6) is 0 Å². The monoisotopic (exact) mass is 228 g/mol. The Morgan fingerprint density at radius 3 is 2.31 bits per heavy atom. The van der Waals surface area contributed by atoms with Gasteiger partial charge in [0.05, 0.1) is 0 Å². The molecule has 0 heterocycles. The number of hydrogen-bond donors (Lipinski definition) is 2. The summed E-state index contributed by atoms with van der Waals surface area (Å²) in [5.41, 5.74) is 5.48. The predicted molar refractivity (Wildman–Crippen MR) is 64.1 cm³/mol. The molecule has 1 saturated carbocycles. The Morgan fingerprint density at radius 2 is 1.94 bits per heavy atom. The molecule has 4 nitrogen and oxygen atoms in total. The van der Waals surface area contributed by atoms with Crippen molar-refractivity contribution in [3.8, 4) is 0 Å². The molecule has 16 heavy (non-hydrogen) atoms. The summed E-state index contributed by atoms with van der Waals surface area (Å²) in [7, 11) is 0. The minimum absolute atomic E-state index is 0.254. The second-order valence-corrected chi connectivity index (χ2v) is 6.15. The van der Waals surface area contributed by atoms with E-state index in [1.54, 1.807) is 0 Å². The van der Waals surface area contributed by atoms with Gasteiger partial charge in [-0.1, -0.05) is 13.8 Å². The molecule has 0 aromatic heterocycles. The second-order valence-electron chi connectivity index (χ2n) is 6.15. The molecule has 1 aliphatic carbocycles. The number of ether oxygens (including phenoxy) is 1. The number of rotatable bonds is 3. The van der Waals surface area contributed by atoms with E-state index in [2.05, 4.69) is 19.2 Å². The number of nitrogens with two attached hydrogens (primary N) is 1. The van der Waals surface area contributed by atoms with Crippen LogP contribution in [0.2, 0.25) is 0 Å². The highest BCUT2D eigenvalue weighted by Crippen LogP contribution is 2.57. The van der Waals surface area contributed by atoms with Crippen LogP contribution in [0.25, 0.3) is 0 Å². The standard InChI is InChI=1S/C12H24N2O2/c1-11(2,3)16-10(15)14-7-9-8(6-13)12(9,4)5/h8-9H,6-7,13H2,1-5H3,(H,14,15)/t8-,9-/m1/s1. The number of carbonyl (C=O) groups is 1. The molecule has 2 atom stereocenters. The molecule has 0 aliphatic heterocycles. The molecule has 3 N–H and O–H groups in total. The van der Waals surface area contributed by atoms with Crippen LogP contribution in [0.4, 0.5) is 4.79 Å². The van der Waals surface area contributed by atoms with E-state index >= 15 is 0 Å². The zero-order chi connectivity index (χ0) is 12.6. The first-order valence-electron chi connectivity index (χ1n) is 5.85. The summed E-state index contributed by atoms with van der Waals surface area (Å²) >= 11 is 0. The van der Waals surface area contributed by atoms with Crippen LogP contribution in [-0.4, -0.2) is 24.8 Å². The highest BCUT2D eigenvalue weighted by Gasteiger charge is 2.56.